The van der Waals surface area contributed by atoms with E-state index in [9.17, 15) is 4.79 Å². The van der Waals surface area contributed by atoms with Crippen LogP contribution in [0.25, 0.3) is 0 Å². The monoisotopic (exact) mass is 571 g/mol. The van der Waals surface area contributed by atoms with Crippen LogP contribution in [-0.4, -0.2) is 45.3 Å². The number of carbonyl (C=O) groups is 1. The van der Waals surface area contributed by atoms with Gasteiger partial charge in [-0.25, -0.2) is 8.78 Å². The molecule has 1 saturated heterocycles. The largest absolute Gasteiger partial charge is 0.403 e. The lowest BCUT2D eigenvalue weighted by molar-refractivity contribution is -0.00553. The van der Waals surface area contributed by atoms with E-state index in [4.69, 9.17) is 20.8 Å². The molecule has 2 unspecified atom stereocenters. The van der Waals surface area contributed by atoms with Crippen molar-refractivity contribution in [3.05, 3.63) is 89.5 Å². The van der Waals surface area contributed by atoms with Gasteiger partial charge in [0.2, 0.25) is 0 Å². The maximum atomic E-state index is 15.9. The van der Waals surface area contributed by atoms with E-state index in [-0.39, 0.29) is 35.1 Å². The van der Waals surface area contributed by atoms with Crippen LogP contribution in [0.1, 0.15) is 50.5 Å². The normalized spacial score (nSPS) is 18.3. The van der Waals surface area contributed by atoms with Crippen molar-refractivity contribution in [2.45, 2.75) is 58.5 Å². The Bertz CT molecular complexity index is 1250. The standard InChI is InChI=1S/C31H36ClF2NO3Si/c1-21-18-35(19-22(2)38-21)30-23(16-26(27(36)17-32)28(33)29(30)34)20-37-39(31(3,4)5,24-12-8-6-9-13-24)25-14-10-7-11-15-25/h6-16,21-22H,17-20H2,1-5H3. The molecule has 8 heteroatoms. The number of anilines is 1. The van der Waals surface area contributed by atoms with Crippen LogP contribution in [0.4, 0.5) is 14.5 Å². The average Bonchev–Trinajstić information content (AvgIpc) is 2.90. The van der Waals surface area contributed by atoms with Crippen molar-refractivity contribution >= 4 is 41.8 Å². The molecule has 1 aliphatic heterocycles. The van der Waals surface area contributed by atoms with Crippen LogP contribution in [0.2, 0.25) is 5.04 Å². The van der Waals surface area contributed by atoms with Gasteiger partial charge in [-0.1, -0.05) is 81.4 Å². The molecule has 1 heterocycles. The highest BCUT2D eigenvalue weighted by Gasteiger charge is 2.50. The molecule has 1 aliphatic rings. The van der Waals surface area contributed by atoms with E-state index in [0.29, 0.717) is 18.7 Å². The molecule has 0 radical (unpaired) electrons. The van der Waals surface area contributed by atoms with Gasteiger partial charge in [0.1, 0.15) is 0 Å². The summed E-state index contributed by atoms with van der Waals surface area (Å²) in [5.41, 5.74) is 0.164. The smallest absolute Gasteiger partial charge is 0.261 e. The Labute approximate surface area is 236 Å². The van der Waals surface area contributed by atoms with Crippen LogP contribution < -0.4 is 15.3 Å². The second-order valence-corrected chi connectivity index (χ2v) is 15.8. The zero-order chi connectivity index (χ0) is 28.4. The highest BCUT2D eigenvalue weighted by atomic mass is 35.5. The number of carbonyl (C=O) groups excluding carboxylic acids is 1. The van der Waals surface area contributed by atoms with Crippen molar-refractivity contribution in [1.82, 2.24) is 0 Å². The third-order valence-corrected chi connectivity index (χ3v) is 12.5. The molecular weight excluding hydrogens is 536 g/mol. The molecule has 0 bridgehead atoms. The third kappa shape index (κ3) is 5.82. The summed E-state index contributed by atoms with van der Waals surface area (Å²) in [7, 11) is -2.99. The van der Waals surface area contributed by atoms with Crippen LogP contribution in [0.5, 0.6) is 0 Å². The van der Waals surface area contributed by atoms with Gasteiger partial charge in [-0.05, 0) is 35.3 Å². The topological polar surface area (TPSA) is 38.8 Å². The van der Waals surface area contributed by atoms with Crippen LogP contribution in [0.15, 0.2) is 66.7 Å². The summed E-state index contributed by atoms with van der Waals surface area (Å²) in [5, 5.41) is 1.82. The number of morpholine rings is 1. The predicted octanol–water partition coefficient (Wildman–Crippen LogP) is 6.08. The Morgan fingerprint density at radius 1 is 0.974 bits per heavy atom. The zero-order valence-electron chi connectivity index (χ0n) is 23.1. The second kappa shape index (κ2) is 11.9. The molecular formula is C31H36ClF2NO3Si. The average molecular weight is 572 g/mol. The summed E-state index contributed by atoms with van der Waals surface area (Å²) in [6, 6.07) is 21.6. The van der Waals surface area contributed by atoms with E-state index in [2.05, 4.69) is 45.0 Å². The molecule has 208 valence electrons. The van der Waals surface area contributed by atoms with Gasteiger partial charge in [0, 0.05) is 18.7 Å². The summed E-state index contributed by atoms with van der Waals surface area (Å²) in [4.78, 5) is 14.3. The summed E-state index contributed by atoms with van der Waals surface area (Å²) < 4.78 is 44.0. The zero-order valence-corrected chi connectivity index (χ0v) is 24.9. The molecule has 4 rings (SSSR count). The summed E-state index contributed by atoms with van der Waals surface area (Å²) >= 11 is 5.77. The fraction of sp³-hybridized carbons (Fsp3) is 0.387. The van der Waals surface area contributed by atoms with Gasteiger partial charge in [-0.2, -0.15) is 0 Å². The number of ether oxygens (including phenoxy) is 1. The molecule has 0 amide bonds. The van der Waals surface area contributed by atoms with Crippen molar-refractivity contribution in [3.8, 4) is 0 Å². The molecule has 0 saturated carbocycles. The molecule has 3 aromatic carbocycles. The highest BCUT2D eigenvalue weighted by molar-refractivity contribution is 6.99. The van der Waals surface area contributed by atoms with Crippen LogP contribution in [0.3, 0.4) is 0 Å². The SMILES string of the molecule is CC1CN(c2c(CO[Si](c3ccccc3)(c3ccccc3)C(C)(C)C)cc(C(=O)CCl)c(F)c2F)CC(C)O1. The van der Waals surface area contributed by atoms with Crippen molar-refractivity contribution in [2.75, 3.05) is 23.9 Å². The minimum Gasteiger partial charge on any atom is -0.403 e. The number of benzene rings is 3. The number of alkyl halides is 1. The summed E-state index contributed by atoms with van der Waals surface area (Å²) in [5.74, 6) is -3.36. The molecule has 2 atom stereocenters. The Morgan fingerprint density at radius 2 is 1.49 bits per heavy atom. The van der Waals surface area contributed by atoms with E-state index in [1.54, 1.807) is 4.90 Å². The molecule has 3 aromatic rings. The van der Waals surface area contributed by atoms with Gasteiger partial charge in [0.15, 0.2) is 17.4 Å². The Balaban J connectivity index is 1.89. The van der Waals surface area contributed by atoms with Gasteiger partial charge in [0.25, 0.3) is 8.32 Å². The fourth-order valence-electron chi connectivity index (χ4n) is 5.70. The molecule has 4 nitrogen and oxygen atoms in total. The number of nitrogens with zero attached hydrogens (tertiary/aromatic N) is 1. The molecule has 39 heavy (non-hydrogen) atoms. The van der Waals surface area contributed by atoms with E-state index in [1.165, 1.54) is 6.07 Å². The lowest BCUT2D eigenvalue weighted by Crippen LogP contribution is -2.66. The van der Waals surface area contributed by atoms with Gasteiger partial charge >= 0.3 is 0 Å². The van der Waals surface area contributed by atoms with Crippen molar-refractivity contribution in [1.29, 1.82) is 0 Å². The van der Waals surface area contributed by atoms with E-state index in [0.717, 1.165) is 10.4 Å². The first kappa shape index (κ1) is 29.4. The highest BCUT2D eigenvalue weighted by Crippen LogP contribution is 2.39. The van der Waals surface area contributed by atoms with Crippen molar-refractivity contribution in [2.24, 2.45) is 0 Å². The van der Waals surface area contributed by atoms with E-state index in [1.807, 2.05) is 50.2 Å². The molecule has 1 fully saturated rings. The number of halogens is 3. The summed E-state index contributed by atoms with van der Waals surface area (Å²) in [6.07, 6.45) is -0.350. The summed E-state index contributed by atoms with van der Waals surface area (Å²) in [6.45, 7) is 11.0. The van der Waals surface area contributed by atoms with E-state index < -0.39 is 31.6 Å². The van der Waals surface area contributed by atoms with Crippen molar-refractivity contribution < 1.29 is 22.7 Å². The Morgan fingerprint density at radius 3 is 1.95 bits per heavy atom. The van der Waals surface area contributed by atoms with Crippen LogP contribution in [0, 0.1) is 11.6 Å². The van der Waals surface area contributed by atoms with Gasteiger partial charge in [-0.15, -0.1) is 11.6 Å². The Hall–Kier alpha value is -2.58. The maximum Gasteiger partial charge on any atom is 0.261 e. The number of Topliss-reactive ketones (excluding diaryl/α,β-unsaturated/α-hetero) is 1. The quantitative estimate of drug-likeness (QED) is 0.187. The number of rotatable bonds is 8. The first-order valence-corrected chi connectivity index (χ1v) is 15.7. The first-order chi connectivity index (χ1) is 18.5. The van der Waals surface area contributed by atoms with Crippen LogP contribution in [-0.2, 0) is 15.8 Å². The molecule has 0 aromatic heterocycles. The maximum absolute atomic E-state index is 15.9. The molecule has 0 N–H and O–H groups in total. The van der Waals surface area contributed by atoms with Gasteiger partial charge in [0.05, 0.1) is 35.9 Å². The number of hydrogen-bond acceptors (Lipinski definition) is 4. The van der Waals surface area contributed by atoms with Gasteiger partial charge in [-0.3, -0.25) is 4.79 Å². The predicted molar refractivity (Wildman–Crippen MR) is 156 cm³/mol. The second-order valence-electron chi connectivity index (χ2n) is 11.2. The minimum atomic E-state index is -2.99. The van der Waals surface area contributed by atoms with Crippen molar-refractivity contribution in [3.63, 3.8) is 0 Å². The van der Waals surface area contributed by atoms with Gasteiger partial charge < -0.3 is 14.1 Å². The molecule has 0 aliphatic carbocycles. The number of ketones is 1. The third-order valence-electron chi connectivity index (χ3n) is 7.28. The lowest BCUT2D eigenvalue weighted by atomic mass is 10.0. The fourth-order valence-corrected chi connectivity index (χ4v) is 10.4. The van der Waals surface area contributed by atoms with Crippen LogP contribution >= 0.6 is 11.6 Å². The number of hydrogen-bond donors (Lipinski definition) is 0. The van der Waals surface area contributed by atoms with E-state index >= 15 is 8.78 Å². The Kier molecular flexibility index (Phi) is 8.96. The lowest BCUT2D eigenvalue weighted by Gasteiger charge is -2.43. The molecule has 0 spiro atoms. The minimum absolute atomic E-state index is 0.0114. The first-order valence-electron chi connectivity index (χ1n) is 13.2.